The zero-order valence-corrected chi connectivity index (χ0v) is 10.7. The summed E-state index contributed by atoms with van der Waals surface area (Å²) in [5.74, 6) is 0. The number of halogens is 1. The van der Waals surface area contributed by atoms with Crippen molar-refractivity contribution in [2.45, 2.75) is 19.9 Å². The zero-order chi connectivity index (χ0) is 11.7. The number of hydrogen-bond donors (Lipinski definition) is 0. The van der Waals surface area contributed by atoms with E-state index in [1.165, 1.54) is 11.3 Å². The summed E-state index contributed by atoms with van der Waals surface area (Å²) < 4.78 is 3.34. The first-order valence-corrected chi connectivity index (χ1v) is 6.23. The maximum atomic E-state index is 11.6. The van der Waals surface area contributed by atoms with Crippen LogP contribution in [-0.4, -0.2) is 14.3 Å². The summed E-state index contributed by atoms with van der Waals surface area (Å²) in [6, 6.07) is 1.78. The van der Waals surface area contributed by atoms with Crippen molar-refractivity contribution >= 4 is 22.9 Å². The number of aryl methyl sites for hydroxylation is 2. The van der Waals surface area contributed by atoms with Gasteiger partial charge in [0.05, 0.1) is 12.2 Å². The largest absolute Gasteiger partial charge is 0.307 e. The standard InChI is InChI=1S/C10H12ClN3OS/c1-3-8-6-16-10(15)14(8)5-7-4-9(11)13(2)12-7/h4,6H,3,5H2,1-2H3. The highest BCUT2D eigenvalue weighted by molar-refractivity contribution is 7.07. The monoisotopic (exact) mass is 257 g/mol. The Kier molecular flexibility index (Phi) is 3.16. The molecule has 0 aliphatic heterocycles. The molecular weight excluding hydrogens is 246 g/mol. The van der Waals surface area contributed by atoms with Gasteiger partial charge in [0.15, 0.2) is 0 Å². The molecule has 0 unspecified atom stereocenters. The second-order valence-corrected chi connectivity index (χ2v) is 4.72. The smallest absolute Gasteiger partial charge is 0.297 e. The van der Waals surface area contributed by atoms with Gasteiger partial charge in [-0.2, -0.15) is 5.10 Å². The Hall–Kier alpha value is -1.07. The molecule has 0 aromatic carbocycles. The summed E-state index contributed by atoms with van der Waals surface area (Å²) in [6.45, 7) is 2.52. The number of nitrogens with zero attached hydrogens (tertiary/aromatic N) is 3. The molecule has 0 saturated heterocycles. The van der Waals surface area contributed by atoms with Crippen LogP contribution < -0.4 is 4.87 Å². The summed E-state index contributed by atoms with van der Waals surface area (Å²) >= 11 is 7.12. The van der Waals surface area contributed by atoms with E-state index in [2.05, 4.69) is 5.10 Å². The van der Waals surface area contributed by atoms with E-state index >= 15 is 0 Å². The zero-order valence-electron chi connectivity index (χ0n) is 9.11. The van der Waals surface area contributed by atoms with Gasteiger partial charge in [0.2, 0.25) is 0 Å². The van der Waals surface area contributed by atoms with Gasteiger partial charge in [0.1, 0.15) is 5.15 Å². The average molecular weight is 258 g/mol. The van der Waals surface area contributed by atoms with Crippen molar-refractivity contribution in [3.63, 3.8) is 0 Å². The predicted octanol–water partition coefficient (Wildman–Crippen LogP) is 1.91. The van der Waals surface area contributed by atoms with Crippen LogP contribution in [0.15, 0.2) is 16.2 Å². The van der Waals surface area contributed by atoms with Crippen molar-refractivity contribution in [3.8, 4) is 0 Å². The molecule has 0 radical (unpaired) electrons. The molecule has 0 aliphatic carbocycles. The molecule has 16 heavy (non-hydrogen) atoms. The Labute approximate surface area is 102 Å². The Bertz CT molecular complexity index is 535. The highest BCUT2D eigenvalue weighted by atomic mass is 35.5. The number of hydrogen-bond acceptors (Lipinski definition) is 3. The van der Waals surface area contributed by atoms with Crippen molar-refractivity contribution in [3.05, 3.63) is 37.7 Å². The minimum absolute atomic E-state index is 0.0543. The van der Waals surface area contributed by atoms with Crippen LogP contribution in [0.25, 0.3) is 0 Å². The lowest BCUT2D eigenvalue weighted by molar-refractivity contribution is 0.680. The highest BCUT2D eigenvalue weighted by Crippen LogP contribution is 2.11. The fourth-order valence-corrected chi connectivity index (χ4v) is 2.55. The fourth-order valence-electron chi connectivity index (χ4n) is 1.54. The third-order valence-corrected chi connectivity index (χ3v) is 3.58. The number of aromatic nitrogens is 3. The van der Waals surface area contributed by atoms with Crippen molar-refractivity contribution in [2.24, 2.45) is 7.05 Å². The fraction of sp³-hybridized carbons (Fsp3) is 0.400. The second-order valence-electron chi connectivity index (χ2n) is 3.51. The molecule has 86 valence electrons. The molecule has 0 bridgehead atoms. The molecule has 0 N–H and O–H groups in total. The van der Waals surface area contributed by atoms with E-state index in [0.717, 1.165) is 17.8 Å². The molecule has 4 nitrogen and oxygen atoms in total. The molecule has 6 heteroatoms. The van der Waals surface area contributed by atoms with Gasteiger partial charge >= 0.3 is 4.87 Å². The topological polar surface area (TPSA) is 39.8 Å². The summed E-state index contributed by atoms with van der Waals surface area (Å²) in [7, 11) is 1.78. The molecule has 2 aromatic rings. The summed E-state index contributed by atoms with van der Waals surface area (Å²) in [6.07, 6.45) is 0.847. The van der Waals surface area contributed by atoms with E-state index in [0.29, 0.717) is 11.7 Å². The third-order valence-electron chi connectivity index (χ3n) is 2.42. The Morgan fingerprint density at radius 2 is 2.31 bits per heavy atom. The van der Waals surface area contributed by atoms with E-state index in [9.17, 15) is 4.79 Å². The minimum atomic E-state index is 0.0543. The second kappa shape index (κ2) is 4.43. The molecule has 0 spiro atoms. The average Bonchev–Trinajstić information content (AvgIpc) is 2.74. The van der Waals surface area contributed by atoms with Crippen LogP contribution in [0, 0.1) is 0 Å². The SMILES string of the molecule is CCc1csc(=O)n1Cc1cc(Cl)n(C)n1. The van der Waals surface area contributed by atoms with Crippen LogP contribution in [0.1, 0.15) is 18.3 Å². The molecule has 2 aromatic heterocycles. The van der Waals surface area contributed by atoms with Gasteiger partial charge in [-0.1, -0.05) is 29.9 Å². The van der Waals surface area contributed by atoms with E-state index in [1.807, 2.05) is 12.3 Å². The predicted molar refractivity (Wildman–Crippen MR) is 65.3 cm³/mol. The summed E-state index contributed by atoms with van der Waals surface area (Å²) in [5, 5.41) is 6.71. The van der Waals surface area contributed by atoms with E-state index in [4.69, 9.17) is 11.6 Å². The molecule has 2 rings (SSSR count). The first-order chi connectivity index (χ1) is 7.61. The Morgan fingerprint density at radius 3 is 2.88 bits per heavy atom. The molecule has 0 aliphatic rings. The first kappa shape index (κ1) is 11.4. The van der Waals surface area contributed by atoms with Crippen molar-refractivity contribution in [2.75, 3.05) is 0 Å². The van der Waals surface area contributed by atoms with Crippen LogP contribution in [-0.2, 0) is 20.0 Å². The Balaban J connectivity index is 2.33. The van der Waals surface area contributed by atoms with Crippen LogP contribution in [0.4, 0.5) is 0 Å². The van der Waals surface area contributed by atoms with Crippen LogP contribution in [0.2, 0.25) is 5.15 Å². The van der Waals surface area contributed by atoms with Crippen LogP contribution >= 0.6 is 22.9 Å². The molecule has 0 amide bonds. The lowest BCUT2D eigenvalue weighted by Gasteiger charge is -2.02. The van der Waals surface area contributed by atoms with E-state index < -0.39 is 0 Å². The molecule has 0 fully saturated rings. The quantitative estimate of drug-likeness (QED) is 0.843. The van der Waals surface area contributed by atoms with Gasteiger partial charge in [0, 0.05) is 24.2 Å². The third kappa shape index (κ3) is 2.05. The maximum absolute atomic E-state index is 11.6. The molecule has 2 heterocycles. The summed E-state index contributed by atoms with van der Waals surface area (Å²) in [5.41, 5.74) is 1.85. The molecular formula is C10H12ClN3OS. The van der Waals surface area contributed by atoms with Crippen molar-refractivity contribution in [1.29, 1.82) is 0 Å². The lowest BCUT2D eigenvalue weighted by Crippen LogP contribution is -2.16. The lowest BCUT2D eigenvalue weighted by atomic mass is 10.3. The van der Waals surface area contributed by atoms with Gasteiger partial charge in [-0.25, -0.2) is 0 Å². The van der Waals surface area contributed by atoms with Gasteiger partial charge in [-0.05, 0) is 6.42 Å². The van der Waals surface area contributed by atoms with Gasteiger partial charge in [-0.3, -0.25) is 14.0 Å². The summed E-state index contributed by atoms with van der Waals surface area (Å²) in [4.78, 5) is 11.7. The molecule has 0 atom stereocenters. The van der Waals surface area contributed by atoms with E-state index in [1.54, 1.807) is 22.4 Å². The van der Waals surface area contributed by atoms with Gasteiger partial charge in [0.25, 0.3) is 0 Å². The Morgan fingerprint density at radius 1 is 1.56 bits per heavy atom. The number of thiazole rings is 1. The van der Waals surface area contributed by atoms with Crippen molar-refractivity contribution < 1.29 is 0 Å². The maximum Gasteiger partial charge on any atom is 0.307 e. The van der Waals surface area contributed by atoms with Gasteiger partial charge < -0.3 is 0 Å². The van der Waals surface area contributed by atoms with Crippen LogP contribution in [0.5, 0.6) is 0 Å². The van der Waals surface area contributed by atoms with Gasteiger partial charge in [-0.15, -0.1) is 0 Å². The normalized spacial score (nSPS) is 10.9. The minimum Gasteiger partial charge on any atom is -0.297 e. The van der Waals surface area contributed by atoms with E-state index in [-0.39, 0.29) is 4.87 Å². The van der Waals surface area contributed by atoms with Crippen LogP contribution in [0.3, 0.4) is 0 Å². The first-order valence-electron chi connectivity index (χ1n) is 4.97. The van der Waals surface area contributed by atoms with Crippen molar-refractivity contribution in [1.82, 2.24) is 14.3 Å². The number of rotatable bonds is 3. The highest BCUT2D eigenvalue weighted by Gasteiger charge is 2.08. The molecule has 0 saturated carbocycles.